The van der Waals surface area contributed by atoms with Crippen LogP contribution < -0.4 is 4.90 Å². The second-order valence-corrected chi connectivity index (χ2v) is 6.55. The molecule has 2 aromatic rings. The Morgan fingerprint density at radius 1 is 1.22 bits per heavy atom. The third-order valence-electron chi connectivity index (χ3n) is 4.98. The molecule has 0 bridgehead atoms. The van der Waals surface area contributed by atoms with E-state index in [1.807, 2.05) is 18.2 Å². The number of rotatable bonds is 3. The molecular weight excluding hydrogens is 293 g/mol. The van der Waals surface area contributed by atoms with Gasteiger partial charge in [0.15, 0.2) is 0 Å². The number of carbonyl (C=O) groups excluding carboxylic acids is 1. The number of carbonyl (C=O) groups is 1. The zero-order chi connectivity index (χ0) is 16.0. The van der Waals surface area contributed by atoms with E-state index in [2.05, 4.69) is 6.07 Å². The van der Waals surface area contributed by atoms with Crippen LogP contribution in [0.2, 0.25) is 0 Å². The molecule has 1 aliphatic carbocycles. The first-order valence-corrected chi connectivity index (χ1v) is 7.92. The van der Waals surface area contributed by atoms with Crippen LogP contribution in [0.25, 0.3) is 0 Å². The first-order chi connectivity index (χ1) is 11.1. The number of hydrogen-bond donors (Lipinski definition) is 1. The maximum atomic E-state index is 13.3. The summed E-state index contributed by atoms with van der Waals surface area (Å²) in [5.74, 6) is -0.518. The molecule has 0 aromatic heterocycles. The molecule has 1 unspecified atom stereocenters. The molecule has 1 amide bonds. The van der Waals surface area contributed by atoms with Crippen molar-refractivity contribution >= 4 is 11.6 Å². The second-order valence-electron chi connectivity index (χ2n) is 6.55. The van der Waals surface area contributed by atoms with Crippen molar-refractivity contribution < 1.29 is 14.3 Å². The third kappa shape index (κ3) is 2.43. The number of benzene rings is 2. The summed E-state index contributed by atoms with van der Waals surface area (Å²) in [5, 5.41) is 10.3. The molecule has 0 radical (unpaired) electrons. The summed E-state index contributed by atoms with van der Waals surface area (Å²) in [6, 6.07) is 13.8. The molecule has 1 fully saturated rings. The van der Waals surface area contributed by atoms with Crippen LogP contribution >= 0.6 is 0 Å². The van der Waals surface area contributed by atoms with Crippen molar-refractivity contribution in [3.8, 4) is 0 Å². The molecule has 23 heavy (non-hydrogen) atoms. The number of para-hydroxylation sites is 1. The van der Waals surface area contributed by atoms with Gasteiger partial charge in [0.05, 0.1) is 12.5 Å². The van der Waals surface area contributed by atoms with E-state index in [1.54, 1.807) is 17.0 Å². The maximum absolute atomic E-state index is 13.3. The second kappa shape index (κ2) is 5.17. The van der Waals surface area contributed by atoms with Crippen LogP contribution in [0.1, 0.15) is 36.5 Å². The molecular formula is C19H18FNO2. The SMILES string of the molecule is O=C(CC(O)c1cccc(F)c1)N1CC2(CC2)c2ccccc21. The van der Waals surface area contributed by atoms with Gasteiger partial charge in [0.2, 0.25) is 5.91 Å². The van der Waals surface area contributed by atoms with Gasteiger partial charge < -0.3 is 10.0 Å². The van der Waals surface area contributed by atoms with Gasteiger partial charge in [-0.15, -0.1) is 0 Å². The summed E-state index contributed by atoms with van der Waals surface area (Å²) < 4.78 is 13.3. The van der Waals surface area contributed by atoms with Crippen LogP contribution in [-0.2, 0) is 10.2 Å². The summed E-state index contributed by atoms with van der Waals surface area (Å²) in [6.07, 6.45) is 1.20. The fourth-order valence-corrected chi connectivity index (χ4v) is 3.54. The molecule has 1 saturated carbocycles. The summed E-state index contributed by atoms with van der Waals surface area (Å²) >= 11 is 0. The Hall–Kier alpha value is -2.20. The van der Waals surface area contributed by atoms with E-state index >= 15 is 0 Å². The highest BCUT2D eigenvalue weighted by atomic mass is 19.1. The topological polar surface area (TPSA) is 40.5 Å². The van der Waals surface area contributed by atoms with Crippen LogP contribution in [0.3, 0.4) is 0 Å². The van der Waals surface area contributed by atoms with Crippen molar-refractivity contribution in [3.05, 3.63) is 65.5 Å². The number of hydrogen-bond acceptors (Lipinski definition) is 2. The molecule has 2 aromatic carbocycles. The van der Waals surface area contributed by atoms with E-state index in [9.17, 15) is 14.3 Å². The largest absolute Gasteiger partial charge is 0.388 e. The van der Waals surface area contributed by atoms with Crippen molar-refractivity contribution in [2.75, 3.05) is 11.4 Å². The average molecular weight is 311 g/mol. The zero-order valence-corrected chi connectivity index (χ0v) is 12.7. The first kappa shape index (κ1) is 14.4. The van der Waals surface area contributed by atoms with Crippen LogP contribution in [-0.4, -0.2) is 17.6 Å². The summed E-state index contributed by atoms with van der Waals surface area (Å²) in [5.41, 5.74) is 2.78. The number of fused-ring (bicyclic) bond motifs is 2. The Morgan fingerprint density at radius 2 is 2.00 bits per heavy atom. The van der Waals surface area contributed by atoms with Crippen LogP contribution in [0, 0.1) is 5.82 Å². The molecule has 1 heterocycles. The number of nitrogens with zero attached hydrogens (tertiary/aromatic N) is 1. The van der Waals surface area contributed by atoms with E-state index in [0.717, 1.165) is 18.5 Å². The van der Waals surface area contributed by atoms with Gasteiger partial charge in [-0.1, -0.05) is 30.3 Å². The lowest BCUT2D eigenvalue weighted by Crippen LogP contribution is -2.32. The van der Waals surface area contributed by atoms with E-state index in [1.165, 1.54) is 17.7 Å². The quantitative estimate of drug-likeness (QED) is 0.944. The number of anilines is 1. The van der Waals surface area contributed by atoms with E-state index in [-0.39, 0.29) is 17.7 Å². The summed E-state index contributed by atoms with van der Waals surface area (Å²) in [4.78, 5) is 14.4. The zero-order valence-electron chi connectivity index (χ0n) is 12.7. The normalized spacial score (nSPS) is 18.8. The van der Waals surface area contributed by atoms with Crippen molar-refractivity contribution in [1.82, 2.24) is 0 Å². The van der Waals surface area contributed by atoms with Gasteiger partial charge >= 0.3 is 0 Å². The predicted octanol–water partition coefficient (Wildman–Crippen LogP) is 3.33. The lowest BCUT2D eigenvalue weighted by Gasteiger charge is -2.20. The molecule has 118 valence electrons. The molecule has 3 nitrogen and oxygen atoms in total. The Bertz CT molecular complexity index is 769. The summed E-state index contributed by atoms with van der Waals surface area (Å²) in [6.45, 7) is 0.695. The van der Waals surface area contributed by atoms with Gasteiger partial charge in [-0.05, 0) is 42.2 Å². The smallest absolute Gasteiger partial charge is 0.229 e. The van der Waals surface area contributed by atoms with E-state index in [4.69, 9.17) is 0 Å². The van der Waals surface area contributed by atoms with Crippen molar-refractivity contribution in [2.45, 2.75) is 30.8 Å². The summed E-state index contributed by atoms with van der Waals surface area (Å²) in [7, 11) is 0. The molecule has 1 N–H and O–H groups in total. The van der Waals surface area contributed by atoms with Crippen LogP contribution in [0.4, 0.5) is 10.1 Å². The molecule has 4 heteroatoms. The minimum atomic E-state index is -0.985. The van der Waals surface area contributed by atoms with E-state index < -0.39 is 11.9 Å². The van der Waals surface area contributed by atoms with E-state index in [0.29, 0.717) is 12.1 Å². The average Bonchev–Trinajstić information content (AvgIpc) is 3.25. The molecule has 1 spiro atoms. The van der Waals surface area contributed by atoms with Gasteiger partial charge in [-0.25, -0.2) is 4.39 Å². The maximum Gasteiger partial charge on any atom is 0.229 e. The molecule has 4 rings (SSSR count). The highest BCUT2D eigenvalue weighted by Gasteiger charge is 2.52. The first-order valence-electron chi connectivity index (χ1n) is 7.92. The molecule has 2 aliphatic rings. The minimum absolute atomic E-state index is 0.0339. The van der Waals surface area contributed by atoms with Gasteiger partial charge in [0, 0.05) is 17.6 Å². The molecule has 0 saturated heterocycles. The van der Waals surface area contributed by atoms with Crippen molar-refractivity contribution in [3.63, 3.8) is 0 Å². The van der Waals surface area contributed by atoms with Gasteiger partial charge in [-0.3, -0.25) is 4.79 Å². The van der Waals surface area contributed by atoms with Crippen molar-refractivity contribution in [1.29, 1.82) is 0 Å². The standard InChI is InChI=1S/C19H18FNO2/c20-14-5-3-4-13(10-14)17(22)11-18(23)21-12-19(8-9-19)15-6-1-2-7-16(15)21/h1-7,10,17,22H,8-9,11-12H2. The Balaban J connectivity index is 1.54. The Kier molecular flexibility index (Phi) is 3.23. The highest BCUT2D eigenvalue weighted by Crippen LogP contribution is 2.56. The highest BCUT2D eigenvalue weighted by molar-refractivity contribution is 5.97. The van der Waals surface area contributed by atoms with Crippen molar-refractivity contribution in [2.24, 2.45) is 0 Å². The third-order valence-corrected chi connectivity index (χ3v) is 4.98. The Morgan fingerprint density at radius 3 is 2.74 bits per heavy atom. The monoisotopic (exact) mass is 311 g/mol. The molecule has 1 aliphatic heterocycles. The molecule has 1 atom stereocenters. The number of amides is 1. The number of aliphatic hydroxyl groups is 1. The minimum Gasteiger partial charge on any atom is -0.388 e. The van der Waals surface area contributed by atoms with Gasteiger partial charge in [0.1, 0.15) is 5.82 Å². The van der Waals surface area contributed by atoms with Crippen LogP contribution in [0.15, 0.2) is 48.5 Å². The fourth-order valence-electron chi connectivity index (χ4n) is 3.54. The Labute approximate surface area is 134 Å². The lowest BCUT2D eigenvalue weighted by molar-refractivity contribution is -0.120. The number of halogens is 1. The van der Waals surface area contributed by atoms with Gasteiger partial charge in [0.25, 0.3) is 0 Å². The fraction of sp³-hybridized carbons (Fsp3) is 0.316. The lowest BCUT2D eigenvalue weighted by atomic mass is 9.99. The number of aliphatic hydroxyl groups excluding tert-OH is 1. The van der Waals surface area contributed by atoms with Gasteiger partial charge in [-0.2, -0.15) is 0 Å². The van der Waals surface area contributed by atoms with Crippen LogP contribution in [0.5, 0.6) is 0 Å². The predicted molar refractivity (Wildman–Crippen MR) is 85.7 cm³/mol.